The Morgan fingerprint density at radius 2 is 2.00 bits per heavy atom. The second-order valence-electron chi connectivity index (χ2n) is 11.7. The molecule has 3 saturated carbocycles. The lowest BCUT2D eigenvalue weighted by molar-refractivity contribution is 0.0596. The Morgan fingerprint density at radius 3 is 2.68 bits per heavy atom. The van der Waals surface area contributed by atoms with Crippen molar-refractivity contribution in [2.75, 3.05) is 6.61 Å². The van der Waals surface area contributed by atoms with Crippen molar-refractivity contribution in [3.05, 3.63) is 34.9 Å². The van der Waals surface area contributed by atoms with E-state index in [2.05, 4.69) is 26.5 Å². The molecule has 3 nitrogen and oxygen atoms in total. The van der Waals surface area contributed by atoms with Crippen molar-refractivity contribution in [2.24, 2.45) is 23.2 Å². The minimum Gasteiger partial charge on any atom is -0.393 e. The summed E-state index contributed by atoms with van der Waals surface area (Å²) in [5.74, 6) is 2.02. The SMILES string of the molecule is C=C1CC[C@H](O)C/C1=C(/C=C1CCC[C@@]2(C)C1CC[C@@H]2[C@H](C)CCCC(C)(C)O)CO. The minimum absolute atomic E-state index is 0.0325. The van der Waals surface area contributed by atoms with E-state index >= 15 is 0 Å². The number of hydrogen-bond acceptors (Lipinski definition) is 3. The van der Waals surface area contributed by atoms with Crippen molar-refractivity contribution >= 4 is 0 Å². The fourth-order valence-corrected chi connectivity index (χ4v) is 7.03. The van der Waals surface area contributed by atoms with Gasteiger partial charge in [-0.2, -0.15) is 0 Å². The Labute approximate surface area is 190 Å². The van der Waals surface area contributed by atoms with Gasteiger partial charge in [0.1, 0.15) is 0 Å². The van der Waals surface area contributed by atoms with E-state index in [0.29, 0.717) is 23.7 Å². The number of rotatable bonds is 7. The summed E-state index contributed by atoms with van der Waals surface area (Å²) in [6.07, 6.45) is 13.6. The zero-order valence-corrected chi connectivity index (χ0v) is 20.4. The molecule has 1 unspecified atom stereocenters. The third-order valence-electron chi connectivity index (χ3n) is 8.74. The van der Waals surface area contributed by atoms with Crippen LogP contribution < -0.4 is 0 Å². The Hall–Kier alpha value is -0.900. The van der Waals surface area contributed by atoms with Crippen LogP contribution in [-0.4, -0.2) is 33.6 Å². The van der Waals surface area contributed by atoms with E-state index in [0.717, 1.165) is 54.7 Å². The van der Waals surface area contributed by atoms with Gasteiger partial charge in [-0.1, -0.05) is 50.5 Å². The highest BCUT2D eigenvalue weighted by molar-refractivity contribution is 5.43. The Morgan fingerprint density at radius 1 is 1.26 bits per heavy atom. The van der Waals surface area contributed by atoms with Crippen molar-refractivity contribution in [3.63, 3.8) is 0 Å². The summed E-state index contributed by atoms with van der Waals surface area (Å²) in [4.78, 5) is 0. The molecule has 0 saturated heterocycles. The Kier molecular flexibility index (Phi) is 7.92. The van der Waals surface area contributed by atoms with Gasteiger partial charge in [-0.05, 0) is 106 Å². The molecule has 31 heavy (non-hydrogen) atoms. The van der Waals surface area contributed by atoms with Crippen LogP contribution in [0.5, 0.6) is 0 Å². The molecule has 3 fully saturated rings. The maximum absolute atomic E-state index is 10.2. The Bertz CT molecular complexity index is 710. The molecule has 0 aromatic rings. The first-order chi connectivity index (χ1) is 14.5. The lowest BCUT2D eigenvalue weighted by atomic mass is 9.60. The van der Waals surface area contributed by atoms with E-state index in [1.165, 1.54) is 37.7 Å². The predicted octanol–water partition coefficient (Wildman–Crippen LogP) is 6.10. The molecule has 5 atom stereocenters. The van der Waals surface area contributed by atoms with E-state index in [1.807, 2.05) is 13.8 Å². The standard InChI is InChI=1S/C28H46O3/c1-19-10-11-23(30)17-24(19)22(18-29)16-21-9-7-15-28(5)25(12-13-26(21)28)20(2)8-6-14-27(3,4)31/h16,20,23,25-26,29-31H,1,6-15,17-18H2,2-5H3/b21-16?,24-22+/t20-,23+,25-,26?,28-/m1/s1. The topological polar surface area (TPSA) is 60.7 Å². The van der Waals surface area contributed by atoms with E-state index < -0.39 is 5.60 Å². The number of allylic oxidation sites excluding steroid dienone is 2. The summed E-state index contributed by atoms with van der Waals surface area (Å²) < 4.78 is 0. The largest absolute Gasteiger partial charge is 0.393 e. The van der Waals surface area contributed by atoms with Crippen LogP contribution in [0.15, 0.2) is 34.9 Å². The first-order valence-electron chi connectivity index (χ1n) is 12.7. The fourth-order valence-electron chi connectivity index (χ4n) is 7.03. The zero-order valence-electron chi connectivity index (χ0n) is 20.4. The molecular weight excluding hydrogens is 384 g/mol. The van der Waals surface area contributed by atoms with Crippen LogP contribution in [0.25, 0.3) is 0 Å². The maximum atomic E-state index is 10.2. The van der Waals surface area contributed by atoms with Crippen LogP contribution in [0.1, 0.15) is 98.3 Å². The molecule has 0 spiro atoms. The molecule has 3 aliphatic rings. The summed E-state index contributed by atoms with van der Waals surface area (Å²) in [5, 5.41) is 30.4. The minimum atomic E-state index is -0.562. The summed E-state index contributed by atoms with van der Waals surface area (Å²) in [7, 11) is 0. The maximum Gasteiger partial charge on any atom is 0.0684 e. The molecule has 0 aromatic carbocycles. The highest BCUT2D eigenvalue weighted by atomic mass is 16.3. The molecule has 3 heteroatoms. The summed E-state index contributed by atoms with van der Waals surface area (Å²) in [6.45, 7) is 13.0. The average molecular weight is 431 g/mol. The predicted molar refractivity (Wildman–Crippen MR) is 129 cm³/mol. The van der Waals surface area contributed by atoms with Gasteiger partial charge in [0.15, 0.2) is 0 Å². The summed E-state index contributed by atoms with van der Waals surface area (Å²) in [6, 6.07) is 0. The average Bonchev–Trinajstić information content (AvgIpc) is 3.05. The van der Waals surface area contributed by atoms with Gasteiger partial charge >= 0.3 is 0 Å². The second-order valence-corrected chi connectivity index (χ2v) is 11.7. The molecule has 0 amide bonds. The van der Waals surface area contributed by atoms with Crippen molar-refractivity contribution < 1.29 is 15.3 Å². The quantitative estimate of drug-likeness (QED) is 0.457. The van der Waals surface area contributed by atoms with Gasteiger partial charge in [-0.3, -0.25) is 0 Å². The molecule has 0 aromatic heterocycles. The van der Waals surface area contributed by atoms with Crippen molar-refractivity contribution in [1.29, 1.82) is 0 Å². The molecule has 3 N–H and O–H groups in total. The molecular formula is C28H46O3. The fraction of sp³-hybridized carbons (Fsp3) is 0.786. The van der Waals surface area contributed by atoms with Gasteiger partial charge in [-0.15, -0.1) is 0 Å². The van der Waals surface area contributed by atoms with Gasteiger partial charge < -0.3 is 15.3 Å². The highest BCUT2D eigenvalue weighted by Gasteiger charge is 2.50. The van der Waals surface area contributed by atoms with Crippen LogP contribution in [0.2, 0.25) is 0 Å². The molecule has 0 aliphatic heterocycles. The molecule has 0 bridgehead atoms. The lowest BCUT2D eigenvalue weighted by Crippen LogP contribution is -2.36. The first-order valence-corrected chi connectivity index (χ1v) is 12.7. The van der Waals surface area contributed by atoms with Crippen LogP contribution >= 0.6 is 0 Å². The van der Waals surface area contributed by atoms with Crippen LogP contribution in [-0.2, 0) is 0 Å². The number of aliphatic hydroxyl groups excluding tert-OH is 2. The smallest absolute Gasteiger partial charge is 0.0684 e. The molecule has 0 radical (unpaired) electrons. The van der Waals surface area contributed by atoms with E-state index in [1.54, 1.807) is 0 Å². The second kappa shape index (κ2) is 9.93. The van der Waals surface area contributed by atoms with Gasteiger partial charge in [0.25, 0.3) is 0 Å². The number of hydrogen-bond donors (Lipinski definition) is 3. The third kappa shape index (κ3) is 5.72. The van der Waals surface area contributed by atoms with Gasteiger partial charge in [0.05, 0.1) is 18.3 Å². The van der Waals surface area contributed by atoms with Crippen LogP contribution in [0, 0.1) is 23.2 Å². The molecule has 3 rings (SSSR count). The summed E-state index contributed by atoms with van der Waals surface area (Å²) >= 11 is 0. The molecule has 3 aliphatic carbocycles. The van der Waals surface area contributed by atoms with Crippen molar-refractivity contribution in [2.45, 2.75) is 110 Å². The van der Waals surface area contributed by atoms with Crippen LogP contribution in [0.4, 0.5) is 0 Å². The van der Waals surface area contributed by atoms with Gasteiger partial charge in [-0.25, -0.2) is 0 Å². The number of fused-ring (bicyclic) bond motifs is 1. The van der Waals surface area contributed by atoms with E-state index in [4.69, 9.17) is 0 Å². The third-order valence-corrected chi connectivity index (χ3v) is 8.74. The molecule has 176 valence electrons. The van der Waals surface area contributed by atoms with E-state index in [-0.39, 0.29) is 12.7 Å². The van der Waals surface area contributed by atoms with Gasteiger partial charge in [0, 0.05) is 0 Å². The number of aliphatic hydroxyl groups is 3. The Balaban J connectivity index is 1.77. The summed E-state index contributed by atoms with van der Waals surface area (Å²) in [5.41, 5.74) is 4.47. The zero-order chi connectivity index (χ0) is 22.8. The molecule has 0 heterocycles. The first kappa shape index (κ1) is 24.7. The van der Waals surface area contributed by atoms with Crippen molar-refractivity contribution in [1.82, 2.24) is 0 Å². The monoisotopic (exact) mass is 430 g/mol. The van der Waals surface area contributed by atoms with E-state index in [9.17, 15) is 15.3 Å². The lowest BCUT2D eigenvalue weighted by Gasteiger charge is -2.44. The normalized spacial score (nSPS) is 35.9. The highest BCUT2D eigenvalue weighted by Crippen LogP contribution is 2.60. The van der Waals surface area contributed by atoms with Gasteiger partial charge in [0.2, 0.25) is 0 Å². The van der Waals surface area contributed by atoms with Crippen molar-refractivity contribution in [3.8, 4) is 0 Å². The van der Waals surface area contributed by atoms with Crippen LogP contribution in [0.3, 0.4) is 0 Å².